The summed E-state index contributed by atoms with van der Waals surface area (Å²) in [6.07, 6.45) is -0.571. The van der Waals surface area contributed by atoms with Crippen LogP contribution in [0.15, 0.2) is 18.2 Å². The molecular formula is C13H18Cl2N2O2. The Hall–Kier alpha value is -0.680. The predicted octanol–water partition coefficient (Wildman–Crippen LogP) is 2.19. The Morgan fingerprint density at radius 1 is 1.37 bits per heavy atom. The van der Waals surface area contributed by atoms with Crippen molar-refractivity contribution in [3.8, 4) is 0 Å². The van der Waals surface area contributed by atoms with E-state index in [9.17, 15) is 5.11 Å². The van der Waals surface area contributed by atoms with Gasteiger partial charge in [-0.3, -0.25) is 0 Å². The largest absolute Gasteiger partial charge is 0.390 e. The second kappa shape index (κ2) is 7.20. The van der Waals surface area contributed by atoms with Gasteiger partial charge in [0.05, 0.1) is 41.6 Å². The third-order valence-electron chi connectivity index (χ3n) is 3.02. The second-order valence-electron chi connectivity index (χ2n) is 4.42. The molecule has 2 N–H and O–H groups in total. The molecule has 0 aromatic heterocycles. The van der Waals surface area contributed by atoms with Crippen LogP contribution >= 0.6 is 23.2 Å². The maximum Gasteiger partial charge on any atom is 0.0847 e. The molecule has 1 atom stereocenters. The van der Waals surface area contributed by atoms with Gasteiger partial charge < -0.3 is 20.1 Å². The van der Waals surface area contributed by atoms with Gasteiger partial charge in [0, 0.05) is 19.6 Å². The van der Waals surface area contributed by atoms with Crippen molar-refractivity contribution in [1.82, 2.24) is 0 Å². The summed E-state index contributed by atoms with van der Waals surface area (Å²) in [5, 5.41) is 13.4. The van der Waals surface area contributed by atoms with Crippen molar-refractivity contribution in [3.05, 3.63) is 23.2 Å². The van der Waals surface area contributed by atoms with E-state index in [0.29, 0.717) is 24.8 Å². The van der Waals surface area contributed by atoms with Gasteiger partial charge in [0.15, 0.2) is 0 Å². The summed E-state index contributed by atoms with van der Waals surface area (Å²) in [5.74, 6) is 0.209. The number of rotatable bonds is 5. The first-order chi connectivity index (χ1) is 9.22. The van der Waals surface area contributed by atoms with E-state index in [1.54, 1.807) is 0 Å². The number of aliphatic hydroxyl groups excluding tert-OH is 1. The van der Waals surface area contributed by atoms with E-state index in [4.69, 9.17) is 27.9 Å². The number of para-hydroxylation sites is 1. The van der Waals surface area contributed by atoms with Gasteiger partial charge in [0.2, 0.25) is 0 Å². The van der Waals surface area contributed by atoms with Crippen LogP contribution in [0.2, 0.25) is 5.02 Å². The molecule has 2 rings (SSSR count). The number of nitrogens with zero attached hydrogens (tertiary/aromatic N) is 1. The lowest BCUT2D eigenvalue weighted by molar-refractivity contribution is 0.123. The smallest absolute Gasteiger partial charge is 0.0847 e. The molecule has 1 fully saturated rings. The fourth-order valence-electron chi connectivity index (χ4n) is 2.05. The fourth-order valence-corrected chi connectivity index (χ4v) is 2.45. The highest BCUT2D eigenvalue weighted by Crippen LogP contribution is 2.34. The minimum atomic E-state index is -0.571. The maximum atomic E-state index is 9.53. The number of anilines is 2. The van der Waals surface area contributed by atoms with Gasteiger partial charge in [-0.1, -0.05) is 17.7 Å². The first-order valence-corrected chi connectivity index (χ1v) is 7.22. The highest BCUT2D eigenvalue weighted by atomic mass is 35.5. The molecule has 1 aromatic carbocycles. The van der Waals surface area contributed by atoms with E-state index >= 15 is 0 Å². The van der Waals surface area contributed by atoms with Crippen molar-refractivity contribution >= 4 is 34.6 Å². The van der Waals surface area contributed by atoms with Crippen LogP contribution in [0.1, 0.15) is 0 Å². The lowest BCUT2D eigenvalue weighted by atomic mass is 10.2. The van der Waals surface area contributed by atoms with Crippen molar-refractivity contribution in [2.24, 2.45) is 0 Å². The van der Waals surface area contributed by atoms with Gasteiger partial charge in [-0.25, -0.2) is 0 Å². The fraction of sp³-hybridized carbons (Fsp3) is 0.538. The zero-order valence-corrected chi connectivity index (χ0v) is 12.1. The minimum Gasteiger partial charge on any atom is -0.390 e. The number of nitrogens with one attached hydrogen (secondary N) is 1. The third-order valence-corrected chi connectivity index (χ3v) is 3.68. The molecule has 1 unspecified atom stereocenters. The number of hydrogen-bond donors (Lipinski definition) is 2. The van der Waals surface area contributed by atoms with Gasteiger partial charge in [0.1, 0.15) is 0 Å². The summed E-state index contributed by atoms with van der Waals surface area (Å²) in [6, 6.07) is 5.72. The Morgan fingerprint density at radius 2 is 2.11 bits per heavy atom. The zero-order chi connectivity index (χ0) is 13.7. The SMILES string of the molecule is OC(CCl)CNc1cccc(Cl)c1N1CCOCC1. The van der Waals surface area contributed by atoms with Crippen LogP contribution in [-0.2, 0) is 4.74 Å². The molecule has 1 saturated heterocycles. The molecule has 0 bridgehead atoms. The molecule has 0 spiro atoms. The minimum absolute atomic E-state index is 0.209. The van der Waals surface area contributed by atoms with Gasteiger partial charge in [-0.15, -0.1) is 11.6 Å². The van der Waals surface area contributed by atoms with Gasteiger partial charge in [0.25, 0.3) is 0 Å². The molecule has 1 aromatic rings. The second-order valence-corrected chi connectivity index (χ2v) is 5.14. The first kappa shape index (κ1) is 14.7. The summed E-state index contributed by atoms with van der Waals surface area (Å²) in [7, 11) is 0. The predicted molar refractivity (Wildman–Crippen MR) is 79.7 cm³/mol. The Labute approximate surface area is 123 Å². The Bertz CT molecular complexity index is 412. The highest BCUT2D eigenvalue weighted by Gasteiger charge is 2.18. The van der Waals surface area contributed by atoms with E-state index in [0.717, 1.165) is 24.5 Å². The molecule has 106 valence electrons. The number of hydrogen-bond acceptors (Lipinski definition) is 4. The van der Waals surface area contributed by atoms with Crippen LogP contribution < -0.4 is 10.2 Å². The highest BCUT2D eigenvalue weighted by molar-refractivity contribution is 6.34. The van der Waals surface area contributed by atoms with E-state index in [-0.39, 0.29) is 5.88 Å². The number of halogens is 2. The molecule has 6 heteroatoms. The summed E-state index contributed by atoms with van der Waals surface area (Å²) in [6.45, 7) is 3.44. The molecule has 1 heterocycles. The van der Waals surface area contributed by atoms with Crippen LogP contribution in [0, 0.1) is 0 Å². The van der Waals surface area contributed by atoms with E-state index < -0.39 is 6.10 Å². The van der Waals surface area contributed by atoms with Crippen molar-refractivity contribution in [2.45, 2.75) is 6.10 Å². The third kappa shape index (κ3) is 3.89. The van der Waals surface area contributed by atoms with Gasteiger partial charge >= 0.3 is 0 Å². The maximum absolute atomic E-state index is 9.53. The molecule has 0 amide bonds. The molecule has 1 aliphatic heterocycles. The van der Waals surface area contributed by atoms with E-state index in [1.807, 2.05) is 18.2 Å². The molecule has 19 heavy (non-hydrogen) atoms. The molecule has 0 aliphatic carbocycles. The van der Waals surface area contributed by atoms with Crippen LogP contribution in [0.25, 0.3) is 0 Å². The standard InChI is InChI=1S/C13H18Cl2N2O2/c14-8-10(18)9-16-12-3-1-2-11(15)13(12)17-4-6-19-7-5-17/h1-3,10,16,18H,4-9H2. The summed E-state index contributed by atoms with van der Waals surface area (Å²) < 4.78 is 5.35. The molecule has 4 nitrogen and oxygen atoms in total. The van der Waals surface area contributed by atoms with Crippen molar-refractivity contribution in [1.29, 1.82) is 0 Å². The number of ether oxygens (including phenoxy) is 1. The zero-order valence-electron chi connectivity index (χ0n) is 10.6. The average molecular weight is 305 g/mol. The average Bonchev–Trinajstić information content (AvgIpc) is 2.45. The normalized spacial score (nSPS) is 17.3. The first-order valence-electron chi connectivity index (χ1n) is 6.31. The number of aliphatic hydroxyl groups is 1. The topological polar surface area (TPSA) is 44.7 Å². The van der Waals surface area contributed by atoms with E-state index in [1.165, 1.54) is 0 Å². The Morgan fingerprint density at radius 3 is 2.79 bits per heavy atom. The monoisotopic (exact) mass is 304 g/mol. The van der Waals surface area contributed by atoms with Crippen molar-refractivity contribution in [2.75, 3.05) is 48.9 Å². The molecule has 0 radical (unpaired) electrons. The van der Waals surface area contributed by atoms with Crippen LogP contribution in [0.4, 0.5) is 11.4 Å². The summed E-state index contributed by atoms with van der Waals surface area (Å²) in [5.41, 5.74) is 1.88. The summed E-state index contributed by atoms with van der Waals surface area (Å²) >= 11 is 11.9. The lowest BCUT2D eigenvalue weighted by Gasteiger charge is -2.31. The summed E-state index contributed by atoms with van der Waals surface area (Å²) in [4.78, 5) is 2.20. The van der Waals surface area contributed by atoms with Crippen molar-refractivity contribution < 1.29 is 9.84 Å². The van der Waals surface area contributed by atoms with Crippen LogP contribution in [0.5, 0.6) is 0 Å². The molecular weight excluding hydrogens is 287 g/mol. The quantitative estimate of drug-likeness (QED) is 0.819. The number of benzene rings is 1. The Kier molecular flexibility index (Phi) is 5.58. The lowest BCUT2D eigenvalue weighted by Crippen LogP contribution is -2.37. The number of morpholine rings is 1. The van der Waals surface area contributed by atoms with Gasteiger partial charge in [-0.05, 0) is 12.1 Å². The van der Waals surface area contributed by atoms with Crippen molar-refractivity contribution in [3.63, 3.8) is 0 Å². The van der Waals surface area contributed by atoms with Gasteiger partial charge in [-0.2, -0.15) is 0 Å². The Balaban J connectivity index is 2.15. The van der Waals surface area contributed by atoms with Crippen LogP contribution in [-0.4, -0.2) is 49.9 Å². The number of alkyl halides is 1. The molecule has 0 saturated carbocycles. The van der Waals surface area contributed by atoms with E-state index in [2.05, 4.69) is 10.2 Å². The molecule has 1 aliphatic rings. The van der Waals surface area contributed by atoms with Crippen LogP contribution in [0.3, 0.4) is 0 Å².